The van der Waals surface area contributed by atoms with Gasteiger partial charge in [0.1, 0.15) is 0 Å². The van der Waals surface area contributed by atoms with Crippen LogP contribution in [0.1, 0.15) is 206 Å². The van der Waals surface area contributed by atoms with Gasteiger partial charge in [0.25, 0.3) is 0 Å². The highest BCUT2D eigenvalue weighted by Gasteiger charge is 2.11. The zero-order chi connectivity index (χ0) is 29.9. The molecule has 0 aromatic carbocycles. The van der Waals surface area contributed by atoms with Crippen molar-refractivity contribution in [2.75, 3.05) is 26.2 Å². The van der Waals surface area contributed by atoms with Gasteiger partial charge in [-0.25, -0.2) is 4.79 Å². The van der Waals surface area contributed by atoms with E-state index in [-0.39, 0.29) is 12.6 Å². The van der Waals surface area contributed by atoms with E-state index in [2.05, 4.69) is 19.2 Å². The van der Waals surface area contributed by atoms with Gasteiger partial charge in [0.05, 0.1) is 6.61 Å². The lowest BCUT2D eigenvalue weighted by Crippen LogP contribution is -2.42. The lowest BCUT2D eigenvalue weighted by molar-refractivity contribution is 0.175. The van der Waals surface area contributed by atoms with E-state index in [1.807, 2.05) is 4.90 Å². The van der Waals surface area contributed by atoms with Crippen molar-refractivity contribution in [1.82, 2.24) is 10.2 Å². The maximum absolute atomic E-state index is 12.6. The van der Waals surface area contributed by atoms with Crippen molar-refractivity contribution in [1.29, 1.82) is 0 Å². The lowest BCUT2D eigenvalue weighted by atomic mass is 10.0. The van der Waals surface area contributed by atoms with Crippen molar-refractivity contribution in [2.45, 2.75) is 206 Å². The van der Waals surface area contributed by atoms with Gasteiger partial charge in [-0.15, -0.1) is 0 Å². The Morgan fingerprint density at radius 2 is 0.732 bits per heavy atom. The van der Waals surface area contributed by atoms with Crippen LogP contribution in [0.2, 0.25) is 0 Å². The average Bonchev–Trinajstić information content (AvgIpc) is 2.98. The van der Waals surface area contributed by atoms with Gasteiger partial charge < -0.3 is 15.3 Å². The fourth-order valence-corrected chi connectivity index (χ4v) is 5.91. The summed E-state index contributed by atoms with van der Waals surface area (Å²) < 4.78 is 0. The number of rotatable bonds is 34. The van der Waals surface area contributed by atoms with E-state index in [0.717, 1.165) is 25.9 Å². The zero-order valence-electron chi connectivity index (χ0n) is 28.3. The van der Waals surface area contributed by atoms with Gasteiger partial charge in [0.2, 0.25) is 0 Å². The number of amides is 2. The summed E-state index contributed by atoms with van der Waals surface area (Å²) in [7, 11) is 0. The number of unbranched alkanes of at least 4 members (excludes halogenated alkanes) is 28. The Bertz CT molecular complexity index is 499. The maximum Gasteiger partial charge on any atom is 0.317 e. The molecule has 0 aromatic rings. The van der Waals surface area contributed by atoms with Crippen LogP contribution in [0, 0.1) is 0 Å². The minimum atomic E-state index is 0.00898. The van der Waals surface area contributed by atoms with Gasteiger partial charge in [-0.1, -0.05) is 194 Å². The van der Waals surface area contributed by atoms with Crippen LogP contribution in [0.25, 0.3) is 0 Å². The molecule has 0 aliphatic rings. The molecule has 0 fully saturated rings. The number of urea groups is 1. The maximum atomic E-state index is 12.6. The number of nitrogens with one attached hydrogen (secondary N) is 1. The SMILES string of the molecule is CCCCCCCCCCCCCCCCCCN(CCO)C(=O)NCCCCCCCCCCCCCCCC. The number of hydrogen-bond acceptors (Lipinski definition) is 2. The summed E-state index contributed by atoms with van der Waals surface area (Å²) in [5, 5.41) is 12.5. The third-order valence-electron chi connectivity index (χ3n) is 8.75. The van der Waals surface area contributed by atoms with Crippen LogP contribution in [-0.2, 0) is 0 Å². The molecule has 4 heteroatoms. The molecule has 2 amide bonds. The minimum Gasteiger partial charge on any atom is -0.395 e. The standard InChI is InChI=1S/C37H76N2O2/c1-3-5-7-9-11-13-15-17-19-20-22-24-26-28-30-32-34-39(35-36-40)37(41)38-33-31-29-27-25-23-21-18-16-14-12-10-8-6-4-2/h40H,3-36H2,1-2H3,(H,38,41). The first-order valence-corrected chi connectivity index (χ1v) is 18.9. The Hall–Kier alpha value is -0.770. The zero-order valence-corrected chi connectivity index (χ0v) is 28.3. The molecule has 0 saturated heterocycles. The highest BCUT2D eigenvalue weighted by molar-refractivity contribution is 5.74. The van der Waals surface area contributed by atoms with Crippen LogP contribution in [0.15, 0.2) is 0 Å². The van der Waals surface area contributed by atoms with Crippen molar-refractivity contribution >= 4 is 6.03 Å². The molecule has 0 radical (unpaired) electrons. The van der Waals surface area contributed by atoms with Gasteiger partial charge in [-0.05, 0) is 12.8 Å². The molecule has 0 rings (SSSR count). The summed E-state index contributed by atoms with van der Waals surface area (Å²) in [5.41, 5.74) is 0. The van der Waals surface area contributed by atoms with E-state index in [0.29, 0.717) is 6.54 Å². The van der Waals surface area contributed by atoms with Crippen molar-refractivity contribution in [3.63, 3.8) is 0 Å². The van der Waals surface area contributed by atoms with Gasteiger partial charge in [-0.2, -0.15) is 0 Å². The van der Waals surface area contributed by atoms with Crippen LogP contribution >= 0.6 is 0 Å². The largest absolute Gasteiger partial charge is 0.395 e. The van der Waals surface area contributed by atoms with Gasteiger partial charge in [-0.3, -0.25) is 0 Å². The molecule has 0 aliphatic heterocycles. The highest BCUT2D eigenvalue weighted by Crippen LogP contribution is 2.15. The first-order valence-electron chi connectivity index (χ1n) is 18.9. The third kappa shape index (κ3) is 32.0. The number of carbonyl (C=O) groups excluding carboxylic acids is 1. The fraction of sp³-hybridized carbons (Fsp3) is 0.973. The summed E-state index contributed by atoms with van der Waals surface area (Å²) in [6.07, 6.45) is 40.7. The van der Waals surface area contributed by atoms with Crippen LogP contribution in [0.5, 0.6) is 0 Å². The smallest absolute Gasteiger partial charge is 0.317 e. The molecule has 0 spiro atoms. The second-order valence-corrected chi connectivity index (χ2v) is 12.8. The van der Waals surface area contributed by atoms with E-state index < -0.39 is 0 Å². The Labute approximate surface area is 258 Å². The van der Waals surface area contributed by atoms with Crippen LogP contribution in [0.4, 0.5) is 4.79 Å². The summed E-state index contributed by atoms with van der Waals surface area (Å²) in [6, 6.07) is 0.00898. The molecule has 0 aliphatic carbocycles. The fourth-order valence-electron chi connectivity index (χ4n) is 5.91. The number of nitrogens with zero attached hydrogens (tertiary/aromatic N) is 1. The molecule has 0 heterocycles. The predicted octanol–water partition coefficient (Wildman–Crippen LogP) is 11.7. The quantitative estimate of drug-likeness (QED) is 0.0744. The van der Waals surface area contributed by atoms with Gasteiger partial charge in [0, 0.05) is 19.6 Å². The molecule has 0 saturated carbocycles. The monoisotopic (exact) mass is 581 g/mol. The number of aliphatic hydroxyl groups is 1. The molecule has 0 unspecified atom stereocenters. The third-order valence-corrected chi connectivity index (χ3v) is 8.75. The molecule has 0 atom stereocenters. The molecule has 2 N–H and O–H groups in total. The average molecular weight is 581 g/mol. The second-order valence-electron chi connectivity index (χ2n) is 12.8. The van der Waals surface area contributed by atoms with Gasteiger partial charge in [0.15, 0.2) is 0 Å². The number of aliphatic hydroxyl groups excluding tert-OH is 1. The molecule has 41 heavy (non-hydrogen) atoms. The Morgan fingerprint density at radius 3 is 1.05 bits per heavy atom. The van der Waals surface area contributed by atoms with E-state index in [9.17, 15) is 9.90 Å². The first kappa shape index (κ1) is 40.2. The van der Waals surface area contributed by atoms with Crippen LogP contribution < -0.4 is 5.32 Å². The summed E-state index contributed by atoms with van der Waals surface area (Å²) >= 11 is 0. The predicted molar refractivity (Wildman–Crippen MR) is 182 cm³/mol. The molecular formula is C37H76N2O2. The van der Waals surface area contributed by atoms with Crippen molar-refractivity contribution in [2.24, 2.45) is 0 Å². The molecule has 4 nitrogen and oxygen atoms in total. The minimum absolute atomic E-state index is 0.00898. The normalized spacial score (nSPS) is 11.3. The van der Waals surface area contributed by atoms with E-state index >= 15 is 0 Å². The van der Waals surface area contributed by atoms with Crippen molar-refractivity contribution in [3.8, 4) is 0 Å². The topological polar surface area (TPSA) is 52.6 Å². The number of carbonyl (C=O) groups is 1. The Morgan fingerprint density at radius 1 is 0.439 bits per heavy atom. The van der Waals surface area contributed by atoms with Gasteiger partial charge >= 0.3 is 6.03 Å². The molecule has 246 valence electrons. The summed E-state index contributed by atoms with van der Waals surface area (Å²) in [6.45, 7) is 6.59. The highest BCUT2D eigenvalue weighted by atomic mass is 16.3. The van der Waals surface area contributed by atoms with Crippen LogP contribution in [0.3, 0.4) is 0 Å². The summed E-state index contributed by atoms with van der Waals surface area (Å²) in [5.74, 6) is 0. The van der Waals surface area contributed by atoms with E-state index in [1.165, 1.54) is 180 Å². The molecular weight excluding hydrogens is 504 g/mol. The van der Waals surface area contributed by atoms with Crippen LogP contribution in [-0.4, -0.2) is 42.3 Å². The van der Waals surface area contributed by atoms with Crippen molar-refractivity contribution < 1.29 is 9.90 Å². The lowest BCUT2D eigenvalue weighted by Gasteiger charge is -2.22. The molecule has 0 aromatic heterocycles. The Kier molecular flexibility index (Phi) is 34.8. The second kappa shape index (κ2) is 35.4. The molecule has 0 bridgehead atoms. The van der Waals surface area contributed by atoms with E-state index in [4.69, 9.17) is 0 Å². The number of hydrogen-bond donors (Lipinski definition) is 2. The Balaban J connectivity index is 3.49. The first-order chi connectivity index (χ1) is 20.3. The van der Waals surface area contributed by atoms with Crippen molar-refractivity contribution in [3.05, 3.63) is 0 Å². The summed E-state index contributed by atoms with van der Waals surface area (Å²) in [4.78, 5) is 14.4. The van der Waals surface area contributed by atoms with E-state index in [1.54, 1.807) is 0 Å².